The van der Waals surface area contributed by atoms with E-state index in [2.05, 4.69) is 54.7 Å². The predicted octanol–water partition coefficient (Wildman–Crippen LogP) is 6.82. The first-order valence-electron chi connectivity index (χ1n) is 12.3. The summed E-state index contributed by atoms with van der Waals surface area (Å²) in [6, 6.07) is 24.8. The van der Waals surface area contributed by atoms with Crippen LogP contribution in [0, 0.1) is 0 Å². The van der Waals surface area contributed by atoms with Crippen molar-refractivity contribution < 1.29 is 14.3 Å². The van der Waals surface area contributed by atoms with Crippen LogP contribution in [-0.4, -0.2) is 18.8 Å². The maximum Gasteiger partial charge on any atom is 0.290 e. The summed E-state index contributed by atoms with van der Waals surface area (Å²) in [5, 5.41) is 2.95. The number of benzene rings is 3. The Morgan fingerprint density at radius 2 is 1.76 bits per heavy atom. The molecule has 174 valence electrons. The highest BCUT2D eigenvalue weighted by atomic mass is 16.7. The van der Waals surface area contributed by atoms with Crippen molar-refractivity contribution >= 4 is 11.6 Å². The zero-order valence-corrected chi connectivity index (χ0v) is 19.6. The number of carbonyl (C=O) groups is 1. The number of allylic oxidation sites excluding steroid dienone is 1. The Bertz CT molecular complexity index is 1180. The molecular weight excluding hydrogens is 422 g/mol. The van der Waals surface area contributed by atoms with Crippen LogP contribution < -0.4 is 5.32 Å². The summed E-state index contributed by atoms with van der Waals surface area (Å²) < 4.78 is 12.1. The Morgan fingerprint density at radius 3 is 2.62 bits per heavy atom. The van der Waals surface area contributed by atoms with Gasteiger partial charge in [0.2, 0.25) is 6.29 Å². The van der Waals surface area contributed by atoms with E-state index >= 15 is 0 Å². The van der Waals surface area contributed by atoms with Crippen molar-refractivity contribution in [2.45, 2.75) is 51.2 Å². The summed E-state index contributed by atoms with van der Waals surface area (Å²) in [5.41, 5.74) is 7.29. The number of hydrogen-bond donors (Lipinski definition) is 1. The molecule has 0 aromatic heterocycles. The molecule has 0 bridgehead atoms. The van der Waals surface area contributed by atoms with Gasteiger partial charge in [-0.2, -0.15) is 0 Å². The van der Waals surface area contributed by atoms with E-state index in [0.717, 1.165) is 31.4 Å². The first kappa shape index (κ1) is 22.4. The van der Waals surface area contributed by atoms with E-state index in [-0.39, 0.29) is 11.8 Å². The summed E-state index contributed by atoms with van der Waals surface area (Å²) in [4.78, 5) is 13.0. The van der Waals surface area contributed by atoms with E-state index in [0.29, 0.717) is 18.8 Å². The standard InChI is InChI=1S/C30H31NO3/c1-2-3-9-16-33-29-20-23(19-28(34-29)30(32)31-25-11-5-4-6-12-25)21-14-15-27-24(17-21)18-22-10-7-8-13-26(22)27/h4-8,10-15,17,19,23,29H,2-3,9,16,18,20H2,1H3,(H,31,32)/t23-,29+/m1/s1. The summed E-state index contributed by atoms with van der Waals surface area (Å²) >= 11 is 0. The van der Waals surface area contributed by atoms with Crippen LogP contribution in [0.25, 0.3) is 11.1 Å². The van der Waals surface area contributed by atoms with Crippen LogP contribution in [-0.2, 0) is 20.7 Å². The predicted molar refractivity (Wildman–Crippen MR) is 136 cm³/mol. The number of anilines is 1. The lowest BCUT2D eigenvalue weighted by Crippen LogP contribution is -2.29. The summed E-state index contributed by atoms with van der Waals surface area (Å²) in [5.74, 6) is 0.131. The SMILES string of the molecule is CCCCCO[C@@H]1C[C@H](c2ccc3c(c2)Cc2ccccc2-3)C=C(C(=O)Nc2ccccc2)O1. The molecule has 1 amide bonds. The quantitative estimate of drug-likeness (QED) is 0.298. The number of rotatable bonds is 8. The molecule has 4 nitrogen and oxygen atoms in total. The van der Waals surface area contributed by atoms with E-state index in [4.69, 9.17) is 9.47 Å². The normalized spacial score (nSPS) is 18.4. The van der Waals surface area contributed by atoms with Crippen molar-refractivity contribution in [3.63, 3.8) is 0 Å². The first-order chi connectivity index (χ1) is 16.7. The van der Waals surface area contributed by atoms with Gasteiger partial charge in [0.15, 0.2) is 5.76 Å². The highest BCUT2D eigenvalue weighted by Gasteiger charge is 2.30. The smallest absolute Gasteiger partial charge is 0.290 e. The van der Waals surface area contributed by atoms with Gasteiger partial charge in [-0.05, 0) is 58.9 Å². The Hall–Kier alpha value is -3.37. The molecule has 2 aliphatic rings. The van der Waals surface area contributed by atoms with Crippen LogP contribution in [0.2, 0.25) is 0 Å². The Morgan fingerprint density at radius 1 is 0.971 bits per heavy atom. The van der Waals surface area contributed by atoms with E-state index < -0.39 is 6.29 Å². The molecule has 5 rings (SSSR count). The summed E-state index contributed by atoms with van der Waals surface area (Å²) in [6.07, 6.45) is 6.42. The highest BCUT2D eigenvalue weighted by molar-refractivity contribution is 6.02. The van der Waals surface area contributed by atoms with Gasteiger partial charge in [-0.25, -0.2) is 0 Å². The van der Waals surface area contributed by atoms with E-state index in [1.807, 2.05) is 36.4 Å². The minimum atomic E-state index is -0.436. The molecule has 0 fully saturated rings. The zero-order valence-electron chi connectivity index (χ0n) is 19.6. The number of hydrogen-bond acceptors (Lipinski definition) is 3. The van der Waals surface area contributed by atoms with Crippen molar-refractivity contribution in [1.82, 2.24) is 0 Å². The molecule has 0 spiro atoms. The second kappa shape index (κ2) is 10.3. The fourth-order valence-corrected chi connectivity index (χ4v) is 4.83. The van der Waals surface area contributed by atoms with Gasteiger partial charge >= 0.3 is 0 Å². The third-order valence-corrected chi connectivity index (χ3v) is 6.61. The van der Waals surface area contributed by atoms with Crippen LogP contribution >= 0.6 is 0 Å². The monoisotopic (exact) mass is 453 g/mol. The van der Waals surface area contributed by atoms with Crippen LogP contribution in [0.3, 0.4) is 0 Å². The van der Waals surface area contributed by atoms with Crippen molar-refractivity contribution in [1.29, 1.82) is 0 Å². The molecule has 1 N–H and O–H groups in total. The van der Waals surface area contributed by atoms with E-state index in [1.54, 1.807) is 0 Å². The lowest BCUT2D eigenvalue weighted by molar-refractivity contribution is -0.143. The summed E-state index contributed by atoms with van der Waals surface area (Å²) in [6.45, 7) is 2.81. The average Bonchev–Trinajstić information content (AvgIpc) is 3.25. The molecule has 4 heteroatoms. The molecule has 0 radical (unpaired) electrons. The fraction of sp³-hybridized carbons (Fsp3) is 0.300. The second-order valence-electron chi connectivity index (χ2n) is 9.07. The number of nitrogens with one attached hydrogen (secondary N) is 1. The van der Waals surface area contributed by atoms with Gasteiger partial charge in [0.25, 0.3) is 5.91 Å². The van der Waals surface area contributed by atoms with Gasteiger partial charge in [-0.3, -0.25) is 4.79 Å². The second-order valence-corrected chi connectivity index (χ2v) is 9.07. The van der Waals surface area contributed by atoms with Gasteiger partial charge in [0.1, 0.15) is 0 Å². The number of ether oxygens (including phenoxy) is 2. The molecule has 2 atom stereocenters. The number of unbranched alkanes of at least 4 members (excludes halogenated alkanes) is 2. The molecule has 0 saturated carbocycles. The van der Waals surface area contributed by atoms with Crippen LogP contribution in [0.5, 0.6) is 0 Å². The Balaban J connectivity index is 1.38. The van der Waals surface area contributed by atoms with E-state index in [9.17, 15) is 4.79 Å². The van der Waals surface area contributed by atoms with Crippen molar-refractivity contribution in [3.05, 3.63) is 101 Å². The minimum absolute atomic E-state index is 0.0514. The van der Waals surface area contributed by atoms with Crippen LogP contribution in [0.4, 0.5) is 5.69 Å². The lowest BCUT2D eigenvalue weighted by atomic mass is 9.90. The fourth-order valence-electron chi connectivity index (χ4n) is 4.83. The van der Waals surface area contributed by atoms with Crippen molar-refractivity contribution in [2.75, 3.05) is 11.9 Å². The molecule has 0 saturated heterocycles. The van der Waals surface area contributed by atoms with Gasteiger partial charge in [0.05, 0.1) is 6.61 Å². The van der Waals surface area contributed by atoms with E-state index in [1.165, 1.54) is 27.8 Å². The minimum Gasteiger partial charge on any atom is -0.459 e. The maximum atomic E-state index is 13.0. The number of para-hydroxylation sites is 1. The maximum absolute atomic E-state index is 13.0. The number of carbonyl (C=O) groups excluding carboxylic acids is 1. The molecule has 1 heterocycles. The van der Waals surface area contributed by atoms with Crippen molar-refractivity contribution in [2.24, 2.45) is 0 Å². The van der Waals surface area contributed by atoms with Gasteiger partial charge in [-0.15, -0.1) is 0 Å². The molecule has 1 aliphatic heterocycles. The molecular formula is C30H31NO3. The number of amides is 1. The Labute approximate surface area is 201 Å². The van der Waals surface area contributed by atoms with Crippen molar-refractivity contribution in [3.8, 4) is 11.1 Å². The topological polar surface area (TPSA) is 47.6 Å². The summed E-state index contributed by atoms with van der Waals surface area (Å²) in [7, 11) is 0. The average molecular weight is 454 g/mol. The first-order valence-corrected chi connectivity index (χ1v) is 12.3. The highest BCUT2D eigenvalue weighted by Crippen LogP contribution is 2.40. The third kappa shape index (κ3) is 4.92. The third-order valence-electron chi connectivity index (χ3n) is 6.61. The molecule has 0 unspecified atom stereocenters. The largest absolute Gasteiger partial charge is 0.459 e. The van der Waals surface area contributed by atoms with Gasteiger partial charge < -0.3 is 14.8 Å². The van der Waals surface area contributed by atoms with Crippen LogP contribution in [0.1, 0.15) is 55.2 Å². The Kier molecular flexibility index (Phi) is 6.77. The number of fused-ring (bicyclic) bond motifs is 3. The molecule has 3 aromatic carbocycles. The zero-order chi connectivity index (χ0) is 23.3. The molecule has 34 heavy (non-hydrogen) atoms. The lowest BCUT2D eigenvalue weighted by Gasteiger charge is -2.29. The van der Waals surface area contributed by atoms with Gasteiger partial charge in [-0.1, -0.05) is 80.4 Å². The van der Waals surface area contributed by atoms with Crippen LogP contribution in [0.15, 0.2) is 84.6 Å². The molecule has 1 aliphatic carbocycles. The van der Waals surface area contributed by atoms with Gasteiger partial charge in [0, 0.05) is 18.0 Å². The molecule has 3 aromatic rings.